The molecule has 0 aliphatic heterocycles. The zero-order valence-corrected chi connectivity index (χ0v) is 14.3. The maximum absolute atomic E-state index is 10.6. The molecule has 3 aromatic rings. The van der Waals surface area contributed by atoms with E-state index in [4.69, 9.17) is 4.74 Å². The predicted molar refractivity (Wildman–Crippen MR) is 103 cm³/mol. The fraction of sp³-hybridized carbons (Fsp3) is 0.0476. The van der Waals surface area contributed by atoms with Crippen molar-refractivity contribution in [2.75, 3.05) is 6.35 Å². The molecule has 3 rings (SSSR count). The molecule has 0 unspecified atom stereocenters. The molecule has 0 N–H and O–H groups in total. The Bertz CT molecular complexity index is 714. The first-order valence-corrected chi connectivity index (χ1v) is 10.1. The number of benzene rings is 3. The Kier molecular flexibility index (Phi) is 5.23. The van der Waals surface area contributed by atoms with Crippen molar-refractivity contribution in [2.24, 2.45) is 0 Å². The Balaban J connectivity index is 2.25. The molecule has 24 heavy (non-hydrogen) atoms. The van der Waals surface area contributed by atoms with E-state index < -0.39 is 7.26 Å². The van der Waals surface area contributed by atoms with Gasteiger partial charge in [-0.15, -0.1) is 0 Å². The standard InChI is InChI=1S/C21H19O2P/c22-16-17-23-18-24(19-10-4-1-5-11-19,20-12-6-2-7-13-20)21-14-8-3-9-15-21/h1-15,17,24H,18H2. The molecule has 0 aliphatic rings. The fourth-order valence-electron chi connectivity index (χ4n) is 3.12. The van der Waals surface area contributed by atoms with Crippen molar-refractivity contribution in [3.05, 3.63) is 97.3 Å². The van der Waals surface area contributed by atoms with Gasteiger partial charge in [0.2, 0.25) is 0 Å². The van der Waals surface area contributed by atoms with Gasteiger partial charge in [0.25, 0.3) is 0 Å². The summed E-state index contributed by atoms with van der Waals surface area (Å²) in [7, 11) is -2.39. The summed E-state index contributed by atoms with van der Waals surface area (Å²) in [6.07, 6.45) is 1.58. The van der Waals surface area contributed by atoms with Gasteiger partial charge in [-0.3, -0.25) is 0 Å². The summed E-state index contributed by atoms with van der Waals surface area (Å²) in [6, 6.07) is 31.3. The Morgan fingerprint density at radius 2 is 1.08 bits per heavy atom. The van der Waals surface area contributed by atoms with E-state index in [0.717, 1.165) is 6.26 Å². The number of hydrogen-bond donors (Lipinski definition) is 0. The molecule has 0 fully saturated rings. The van der Waals surface area contributed by atoms with E-state index in [0.29, 0.717) is 6.35 Å². The summed E-state index contributed by atoms with van der Waals surface area (Å²) in [5.41, 5.74) is 0. The topological polar surface area (TPSA) is 26.3 Å². The first kappa shape index (κ1) is 16.2. The number of hydrogen-bond acceptors (Lipinski definition) is 2. The Morgan fingerprint density at radius 1 is 0.708 bits per heavy atom. The summed E-state index contributed by atoms with van der Waals surface area (Å²) in [5, 5.41) is 3.75. The fourth-order valence-corrected chi connectivity index (χ4v) is 7.24. The first-order chi connectivity index (χ1) is 11.9. The van der Waals surface area contributed by atoms with E-state index in [-0.39, 0.29) is 0 Å². The Hall–Kier alpha value is -2.66. The van der Waals surface area contributed by atoms with Crippen LogP contribution in [0, 0.1) is 0 Å². The SMILES string of the molecule is O=C=COC[PH](c1ccccc1)(c1ccccc1)c1ccccc1. The minimum absolute atomic E-state index is 0.459. The molecule has 2 nitrogen and oxygen atoms in total. The van der Waals surface area contributed by atoms with E-state index in [2.05, 4.69) is 72.8 Å². The molecule has 0 heterocycles. The van der Waals surface area contributed by atoms with Crippen LogP contribution in [-0.4, -0.2) is 12.3 Å². The second-order valence-corrected chi connectivity index (χ2v) is 9.38. The van der Waals surface area contributed by atoms with E-state index in [9.17, 15) is 4.79 Å². The zero-order chi connectivity index (χ0) is 16.7. The van der Waals surface area contributed by atoms with Crippen molar-refractivity contribution in [2.45, 2.75) is 0 Å². The van der Waals surface area contributed by atoms with Gasteiger partial charge in [0.05, 0.1) is 0 Å². The van der Waals surface area contributed by atoms with Crippen LogP contribution in [0.5, 0.6) is 0 Å². The van der Waals surface area contributed by atoms with Gasteiger partial charge in [0, 0.05) is 0 Å². The molecule has 3 heteroatoms. The quantitative estimate of drug-likeness (QED) is 0.393. The summed E-state index contributed by atoms with van der Waals surface area (Å²) < 4.78 is 5.62. The maximum atomic E-state index is 10.6. The molecule has 3 aromatic carbocycles. The second-order valence-electron chi connectivity index (χ2n) is 5.55. The first-order valence-electron chi connectivity index (χ1n) is 7.85. The van der Waals surface area contributed by atoms with E-state index in [1.807, 2.05) is 18.2 Å². The average molecular weight is 334 g/mol. The van der Waals surface area contributed by atoms with Crippen LogP contribution in [0.2, 0.25) is 0 Å². The van der Waals surface area contributed by atoms with Crippen LogP contribution in [-0.2, 0) is 9.53 Å². The molecule has 0 aliphatic carbocycles. The number of rotatable bonds is 6. The average Bonchev–Trinajstić information content (AvgIpc) is 2.68. The Labute approximate surface area is 142 Å². The molecule has 0 atom stereocenters. The molecule has 0 aromatic heterocycles. The van der Waals surface area contributed by atoms with Gasteiger partial charge >= 0.3 is 142 Å². The predicted octanol–water partition coefficient (Wildman–Crippen LogP) is 3.03. The summed E-state index contributed by atoms with van der Waals surface area (Å²) in [6.45, 7) is 0. The summed E-state index contributed by atoms with van der Waals surface area (Å²) >= 11 is 0. The van der Waals surface area contributed by atoms with E-state index in [1.54, 1.807) is 5.94 Å². The van der Waals surface area contributed by atoms with Crippen LogP contribution >= 0.6 is 7.26 Å². The van der Waals surface area contributed by atoms with Gasteiger partial charge in [0.1, 0.15) is 0 Å². The Morgan fingerprint density at radius 3 is 1.42 bits per heavy atom. The third-order valence-electron chi connectivity index (χ3n) is 4.23. The molecule has 0 spiro atoms. The number of ether oxygens (including phenoxy) is 1. The van der Waals surface area contributed by atoms with Gasteiger partial charge in [0.15, 0.2) is 0 Å². The van der Waals surface area contributed by atoms with Crippen LogP contribution in [0.1, 0.15) is 0 Å². The third-order valence-corrected chi connectivity index (χ3v) is 8.79. The number of carbonyl (C=O) groups excluding carboxylic acids is 1. The molecule has 0 amide bonds. The van der Waals surface area contributed by atoms with Crippen molar-refractivity contribution in [1.82, 2.24) is 0 Å². The van der Waals surface area contributed by atoms with Crippen LogP contribution in [0.25, 0.3) is 0 Å². The molecule has 0 radical (unpaired) electrons. The molecular weight excluding hydrogens is 315 g/mol. The van der Waals surface area contributed by atoms with Gasteiger partial charge < -0.3 is 0 Å². The summed E-state index contributed by atoms with van der Waals surface area (Å²) in [5.74, 6) is 1.72. The summed E-state index contributed by atoms with van der Waals surface area (Å²) in [4.78, 5) is 10.6. The van der Waals surface area contributed by atoms with Gasteiger partial charge in [-0.1, -0.05) is 0 Å². The van der Waals surface area contributed by atoms with Crippen molar-refractivity contribution in [3.8, 4) is 0 Å². The van der Waals surface area contributed by atoms with Crippen LogP contribution in [0.4, 0.5) is 0 Å². The molecule has 0 bridgehead atoms. The van der Waals surface area contributed by atoms with Crippen LogP contribution < -0.4 is 15.9 Å². The molecule has 0 saturated heterocycles. The normalized spacial score (nSPS) is 11.3. The third kappa shape index (κ3) is 3.16. The van der Waals surface area contributed by atoms with Gasteiger partial charge in [-0.25, -0.2) is 0 Å². The monoisotopic (exact) mass is 334 g/mol. The van der Waals surface area contributed by atoms with Crippen molar-refractivity contribution in [3.63, 3.8) is 0 Å². The minimum atomic E-state index is -2.39. The molecular formula is C21H19O2P. The second kappa shape index (κ2) is 7.75. The zero-order valence-electron chi connectivity index (χ0n) is 13.3. The molecule has 120 valence electrons. The van der Waals surface area contributed by atoms with Gasteiger partial charge in [-0.2, -0.15) is 0 Å². The van der Waals surface area contributed by atoms with Crippen molar-refractivity contribution < 1.29 is 9.53 Å². The van der Waals surface area contributed by atoms with E-state index >= 15 is 0 Å². The van der Waals surface area contributed by atoms with Crippen LogP contribution in [0.15, 0.2) is 97.3 Å². The molecule has 0 saturated carbocycles. The van der Waals surface area contributed by atoms with Crippen LogP contribution in [0.3, 0.4) is 0 Å². The van der Waals surface area contributed by atoms with Crippen molar-refractivity contribution in [1.29, 1.82) is 0 Å². The van der Waals surface area contributed by atoms with Gasteiger partial charge in [-0.05, 0) is 0 Å². The van der Waals surface area contributed by atoms with Crippen molar-refractivity contribution >= 4 is 29.1 Å². The van der Waals surface area contributed by atoms with E-state index in [1.165, 1.54) is 15.9 Å².